The number of ether oxygens (including phenoxy) is 3. The number of carbonyl (C=O) groups excluding carboxylic acids is 2. The molecule has 4 atom stereocenters. The zero-order valence-corrected chi connectivity index (χ0v) is 22.7. The number of carbonyl (C=O) groups is 2. The molecular formula is C28H28ClNO7S. The van der Waals surface area contributed by atoms with Gasteiger partial charge in [-0.25, -0.2) is 8.42 Å². The van der Waals surface area contributed by atoms with Crippen LogP contribution in [0.4, 0.5) is 0 Å². The second-order valence-corrected chi connectivity index (χ2v) is 11.4. The Morgan fingerprint density at radius 3 is 1.71 bits per heavy atom. The molecule has 3 aromatic rings. The van der Waals surface area contributed by atoms with Gasteiger partial charge in [0.15, 0.2) is 20.9 Å². The molecule has 1 N–H and O–H groups in total. The van der Waals surface area contributed by atoms with Crippen molar-refractivity contribution < 1.29 is 32.2 Å². The average molecular weight is 558 g/mol. The first kappa shape index (κ1) is 27.6. The van der Waals surface area contributed by atoms with E-state index in [0.717, 1.165) is 0 Å². The van der Waals surface area contributed by atoms with Gasteiger partial charge in [-0.2, -0.15) is 0 Å². The Labute approximate surface area is 226 Å². The fraction of sp³-hybridized carbons (Fsp3) is 0.286. The van der Waals surface area contributed by atoms with E-state index in [4.69, 9.17) is 25.8 Å². The Morgan fingerprint density at radius 1 is 0.789 bits per heavy atom. The van der Waals surface area contributed by atoms with E-state index >= 15 is 0 Å². The summed E-state index contributed by atoms with van der Waals surface area (Å²) in [7, 11) is -1.41. The molecule has 200 valence electrons. The Hall–Kier alpha value is -3.40. The van der Waals surface area contributed by atoms with E-state index in [0.29, 0.717) is 27.6 Å². The number of hydrogen-bond acceptors (Lipinski definition) is 8. The fourth-order valence-electron chi connectivity index (χ4n) is 4.64. The van der Waals surface area contributed by atoms with Crippen molar-refractivity contribution in [1.82, 2.24) is 5.32 Å². The Bertz CT molecular complexity index is 1390. The first-order valence-corrected chi connectivity index (χ1v) is 13.9. The topological polar surface area (TPSA) is 108 Å². The van der Waals surface area contributed by atoms with Gasteiger partial charge in [-0.3, -0.25) is 14.9 Å². The molecule has 0 spiro atoms. The highest BCUT2D eigenvalue weighted by molar-refractivity contribution is 7.94. The van der Waals surface area contributed by atoms with Crippen molar-refractivity contribution in [3.63, 3.8) is 0 Å². The van der Waals surface area contributed by atoms with E-state index in [2.05, 4.69) is 5.32 Å². The lowest BCUT2D eigenvalue weighted by Crippen LogP contribution is -2.59. The lowest BCUT2D eigenvalue weighted by atomic mass is 9.93. The maximum absolute atomic E-state index is 14.3. The molecular weight excluding hydrogens is 530 g/mol. The Morgan fingerprint density at radius 2 is 1.26 bits per heavy atom. The van der Waals surface area contributed by atoms with Crippen molar-refractivity contribution >= 4 is 33.2 Å². The molecule has 1 aliphatic rings. The third-order valence-electron chi connectivity index (χ3n) is 6.53. The maximum atomic E-state index is 14.3. The minimum atomic E-state index is -4.45. The molecule has 0 saturated carbocycles. The summed E-state index contributed by atoms with van der Waals surface area (Å²) in [4.78, 5) is 27.0. The van der Waals surface area contributed by atoms with Crippen LogP contribution in [0.2, 0.25) is 5.02 Å². The fourth-order valence-corrected chi connectivity index (χ4v) is 7.09. The van der Waals surface area contributed by atoms with Crippen molar-refractivity contribution in [2.45, 2.75) is 29.5 Å². The number of rotatable bonds is 8. The molecule has 1 aliphatic heterocycles. The number of methoxy groups -OCH3 is 2. The maximum Gasteiger partial charge on any atom is 0.326 e. The summed E-state index contributed by atoms with van der Waals surface area (Å²) < 4.78 is 44.3. The summed E-state index contributed by atoms with van der Waals surface area (Å²) in [5.74, 6) is -0.438. The van der Waals surface area contributed by atoms with Gasteiger partial charge in [-0.1, -0.05) is 35.9 Å². The lowest BCUT2D eigenvalue weighted by Gasteiger charge is -2.41. The summed E-state index contributed by atoms with van der Waals surface area (Å²) >= 11 is 6.00. The molecule has 1 saturated heterocycles. The molecule has 0 amide bonds. The van der Waals surface area contributed by atoms with Crippen LogP contribution in [0.15, 0.2) is 72.8 Å². The predicted octanol–water partition coefficient (Wildman–Crippen LogP) is 4.34. The molecule has 3 aromatic carbocycles. The zero-order chi connectivity index (χ0) is 27.4. The van der Waals surface area contributed by atoms with Crippen LogP contribution in [-0.2, 0) is 19.4 Å². The van der Waals surface area contributed by atoms with Gasteiger partial charge < -0.3 is 14.2 Å². The summed E-state index contributed by atoms with van der Waals surface area (Å²) in [5.41, 5.74) is 1.24. The van der Waals surface area contributed by atoms with Gasteiger partial charge in [-0.05, 0) is 66.6 Å². The SMILES string of the molecule is CCOC(=O)[C@H]1[C@H](c2ccc(OC)cc2)N[C@H](c2ccc(OC)cc2)[C@@H](C(=O)c2ccc(Cl)cc2)S1(=O)=O. The van der Waals surface area contributed by atoms with E-state index in [1.54, 1.807) is 55.5 Å². The highest BCUT2D eigenvalue weighted by Crippen LogP contribution is 2.40. The molecule has 4 rings (SSSR count). The summed E-state index contributed by atoms with van der Waals surface area (Å²) in [6.45, 7) is 1.58. The van der Waals surface area contributed by atoms with Crippen LogP contribution in [0.5, 0.6) is 11.5 Å². The standard InChI is InChI=1S/C28H28ClNO7S/c1-4-37-28(32)27-24(18-9-15-22(36-3)16-10-18)30-23(17-7-13-21(35-2)14-8-17)26(38(27,33)34)25(31)19-5-11-20(29)12-6-19/h5-16,23-24,26-27,30H,4H2,1-3H3/t23-,24+,26+,27-/m1/s1. The zero-order valence-electron chi connectivity index (χ0n) is 21.1. The summed E-state index contributed by atoms with van der Waals surface area (Å²) in [5, 5.41) is 0.443. The average Bonchev–Trinajstić information content (AvgIpc) is 2.92. The van der Waals surface area contributed by atoms with Crippen molar-refractivity contribution in [3.8, 4) is 11.5 Å². The first-order chi connectivity index (χ1) is 18.2. The Balaban J connectivity index is 1.89. The van der Waals surface area contributed by atoms with Gasteiger partial charge in [0.1, 0.15) is 16.7 Å². The number of nitrogens with one attached hydrogen (secondary N) is 1. The minimum Gasteiger partial charge on any atom is -0.497 e. The molecule has 8 nitrogen and oxygen atoms in total. The number of halogens is 1. The number of hydrogen-bond donors (Lipinski definition) is 1. The number of benzene rings is 3. The van der Waals surface area contributed by atoms with Gasteiger partial charge in [0.2, 0.25) is 0 Å². The minimum absolute atomic E-state index is 0.0160. The van der Waals surface area contributed by atoms with Gasteiger partial charge in [0, 0.05) is 10.6 Å². The molecule has 0 aromatic heterocycles. The summed E-state index contributed by atoms with van der Waals surface area (Å²) in [6.07, 6.45) is 0. The molecule has 0 bridgehead atoms. The largest absolute Gasteiger partial charge is 0.497 e. The predicted molar refractivity (Wildman–Crippen MR) is 144 cm³/mol. The quantitative estimate of drug-likeness (QED) is 0.322. The molecule has 0 aliphatic carbocycles. The number of Topliss-reactive ketones (excluding diaryl/α,β-unsaturated/α-hetero) is 1. The smallest absolute Gasteiger partial charge is 0.326 e. The lowest BCUT2D eigenvalue weighted by molar-refractivity contribution is -0.143. The van der Waals surface area contributed by atoms with Crippen LogP contribution in [0.25, 0.3) is 0 Å². The third kappa shape index (κ3) is 5.41. The van der Waals surface area contributed by atoms with E-state index < -0.39 is 44.2 Å². The molecule has 10 heteroatoms. The van der Waals surface area contributed by atoms with Crippen LogP contribution in [0.1, 0.15) is 40.5 Å². The molecule has 38 heavy (non-hydrogen) atoms. The Kier molecular flexibility index (Phi) is 8.40. The highest BCUT2D eigenvalue weighted by Gasteiger charge is 2.56. The first-order valence-electron chi connectivity index (χ1n) is 11.9. The monoisotopic (exact) mass is 557 g/mol. The second-order valence-electron chi connectivity index (χ2n) is 8.72. The van der Waals surface area contributed by atoms with Gasteiger partial charge in [0.05, 0.1) is 32.9 Å². The third-order valence-corrected chi connectivity index (χ3v) is 9.15. The van der Waals surface area contributed by atoms with Gasteiger partial charge in [0.25, 0.3) is 0 Å². The highest BCUT2D eigenvalue weighted by atomic mass is 35.5. The van der Waals surface area contributed by atoms with Crippen molar-refractivity contribution in [2.75, 3.05) is 20.8 Å². The molecule has 1 fully saturated rings. The van der Waals surface area contributed by atoms with Crippen LogP contribution in [0, 0.1) is 0 Å². The van der Waals surface area contributed by atoms with E-state index in [-0.39, 0.29) is 12.2 Å². The van der Waals surface area contributed by atoms with Crippen molar-refractivity contribution in [3.05, 3.63) is 94.5 Å². The van der Waals surface area contributed by atoms with Gasteiger partial charge >= 0.3 is 5.97 Å². The van der Waals surface area contributed by atoms with E-state index in [1.807, 2.05) is 0 Å². The second kappa shape index (κ2) is 11.6. The van der Waals surface area contributed by atoms with Crippen LogP contribution < -0.4 is 14.8 Å². The normalized spacial score (nSPS) is 22.3. The van der Waals surface area contributed by atoms with Crippen molar-refractivity contribution in [2.24, 2.45) is 0 Å². The van der Waals surface area contributed by atoms with E-state index in [9.17, 15) is 18.0 Å². The summed E-state index contributed by atoms with van der Waals surface area (Å²) in [6, 6.07) is 17.5. The number of ketones is 1. The molecule has 0 radical (unpaired) electrons. The number of esters is 1. The van der Waals surface area contributed by atoms with Crippen LogP contribution in [0.3, 0.4) is 0 Å². The van der Waals surface area contributed by atoms with Gasteiger partial charge in [-0.15, -0.1) is 0 Å². The molecule has 0 unspecified atom stereocenters. The van der Waals surface area contributed by atoms with Crippen LogP contribution in [-0.4, -0.2) is 51.5 Å². The van der Waals surface area contributed by atoms with Crippen LogP contribution >= 0.6 is 11.6 Å². The van der Waals surface area contributed by atoms with Crippen molar-refractivity contribution in [1.29, 1.82) is 0 Å². The molecule has 1 heterocycles. The van der Waals surface area contributed by atoms with E-state index in [1.165, 1.54) is 38.5 Å². The number of sulfone groups is 1.